The molecule has 0 aromatic heterocycles. The lowest BCUT2D eigenvalue weighted by molar-refractivity contribution is 0.0600. The summed E-state index contributed by atoms with van der Waals surface area (Å²) in [6, 6.07) is 17.9. The molecule has 3 aromatic carbocycles. The Morgan fingerprint density at radius 2 is 1.81 bits per heavy atom. The van der Waals surface area contributed by atoms with Crippen LogP contribution in [-0.2, 0) is 11.3 Å². The fourth-order valence-electron chi connectivity index (χ4n) is 3.42. The monoisotopic (exact) mass is 430 g/mol. The van der Waals surface area contributed by atoms with Gasteiger partial charge in [-0.2, -0.15) is 0 Å². The molecule has 0 bridgehead atoms. The minimum absolute atomic E-state index is 0.170. The topological polar surface area (TPSA) is 71.1 Å². The van der Waals surface area contributed by atoms with Gasteiger partial charge >= 0.3 is 5.97 Å². The predicted octanol–water partition coefficient (Wildman–Crippen LogP) is 4.99. The summed E-state index contributed by atoms with van der Waals surface area (Å²) in [5, 5.41) is 0. The van der Waals surface area contributed by atoms with Crippen LogP contribution in [0.15, 0.2) is 66.4 Å². The number of hydrogen-bond acceptors (Lipinski definition) is 6. The van der Waals surface area contributed by atoms with Gasteiger partial charge in [0.15, 0.2) is 5.76 Å². The maximum atomic E-state index is 12.8. The van der Waals surface area contributed by atoms with Gasteiger partial charge < -0.3 is 18.9 Å². The molecule has 0 atom stereocenters. The van der Waals surface area contributed by atoms with Gasteiger partial charge in [0.2, 0.25) is 5.78 Å². The number of esters is 1. The Labute approximate surface area is 186 Å². The van der Waals surface area contributed by atoms with Gasteiger partial charge in [-0.05, 0) is 60.5 Å². The molecular formula is C26H22O6. The number of benzene rings is 3. The zero-order chi connectivity index (χ0) is 22.7. The van der Waals surface area contributed by atoms with Gasteiger partial charge in [-0.25, -0.2) is 4.79 Å². The van der Waals surface area contributed by atoms with E-state index in [2.05, 4.69) is 0 Å². The first kappa shape index (κ1) is 21.2. The number of methoxy groups -OCH3 is 2. The van der Waals surface area contributed by atoms with Crippen LogP contribution < -0.4 is 14.2 Å². The Morgan fingerprint density at radius 3 is 2.53 bits per heavy atom. The second-order valence-corrected chi connectivity index (χ2v) is 7.26. The summed E-state index contributed by atoms with van der Waals surface area (Å²) in [6.07, 6.45) is 1.70. The van der Waals surface area contributed by atoms with Crippen molar-refractivity contribution in [3.63, 3.8) is 0 Å². The van der Waals surface area contributed by atoms with E-state index in [0.717, 1.165) is 16.7 Å². The molecule has 3 aromatic rings. The Hall–Kier alpha value is -4.06. The van der Waals surface area contributed by atoms with Crippen molar-refractivity contribution in [1.29, 1.82) is 0 Å². The fraction of sp³-hybridized carbons (Fsp3) is 0.154. The first-order chi connectivity index (χ1) is 15.5. The summed E-state index contributed by atoms with van der Waals surface area (Å²) in [4.78, 5) is 24.4. The van der Waals surface area contributed by atoms with Gasteiger partial charge in [0.1, 0.15) is 23.9 Å². The summed E-state index contributed by atoms with van der Waals surface area (Å²) in [7, 11) is 2.94. The number of Topliss-reactive ketones (excluding diaryl/α,β-unsaturated/α-hetero) is 1. The van der Waals surface area contributed by atoms with Crippen molar-refractivity contribution in [3.05, 3.63) is 94.2 Å². The van der Waals surface area contributed by atoms with E-state index >= 15 is 0 Å². The van der Waals surface area contributed by atoms with E-state index in [1.54, 1.807) is 37.5 Å². The highest BCUT2D eigenvalue weighted by molar-refractivity contribution is 6.15. The van der Waals surface area contributed by atoms with Crippen LogP contribution in [0.1, 0.15) is 37.4 Å². The molecule has 0 spiro atoms. The van der Waals surface area contributed by atoms with Crippen molar-refractivity contribution in [3.8, 4) is 17.2 Å². The second-order valence-electron chi connectivity index (χ2n) is 7.26. The van der Waals surface area contributed by atoms with Crippen molar-refractivity contribution < 1.29 is 28.5 Å². The SMILES string of the molecule is COC(=O)c1ccc(COc2ccc3c(c2C)O/C(=C\c2cccc(OC)c2)C3=O)cc1. The number of fused-ring (bicyclic) bond motifs is 1. The minimum Gasteiger partial charge on any atom is -0.497 e. The zero-order valence-electron chi connectivity index (χ0n) is 18.0. The van der Waals surface area contributed by atoms with Gasteiger partial charge in [0, 0.05) is 5.56 Å². The molecule has 6 nitrogen and oxygen atoms in total. The highest BCUT2D eigenvalue weighted by Crippen LogP contribution is 2.39. The molecule has 0 N–H and O–H groups in total. The Kier molecular flexibility index (Phi) is 5.94. The summed E-state index contributed by atoms with van der Waals surface area (Å²) in [5.74, 6) is 1.53. The highest BCUT2D eigenvalue weighted by Gasteiger charge is 2.30. The van der Waals surface area contributed by atoms with Crippen LogP contribution in [0, 0.1) is 6.92 Å². The lowest BCUT2D eigenvalue weighted by Crippen LogP contribution is -2.02. The molecular weight excluding hydrogens is 408 g/mol. The fourth-order valence-corrected chi connectivity index (χ4v) is 3.42. The second kappa shape index (κ2) is 8.98. The zero-order valence-corrected chi connectivity index (χ0v) is 18.0. The maximum absolute atomic E-state index is 12.8. The van der Waals surface area contributed by atoms with Crippen LogP contribution in [-0.4, -0.2) is 26.0 Å². The number of carbonyl (C=O) groups is 2. The van der Waals surface area contributed by atoms with E-state index in [4.69, 9.17) is 18.9 Å². The normalized spacial score (nSPS) is 13.5. The van der Waals surface area contributed by atoms with E-state index in [1.807, 2.05) is 43.3 Å². The van der Waals surface area contributed by atoms with Crippen molar-refractivity contribution in [2.75, 3.05) is 14.2 Å². The lowest BCUT2D eigenvalue weighted by atomic mass is 10.1. The third kappa shape index (κ3) is 4.21. The van der Waals surface area contributed by atoms with E-state index < -0.39 is 0 Å². The standard InChI is InChI=1S/C26H22O6/c1-16-22(31-15-17-7-9-19(10-8-17)26(28)30-3)12-11-21-24(27)23(32-25(16)21)14-18-5-4-6-20(13-18)29-2/h4-14H,15H2,1-3H3/b23-14-. The molecule has 1 aliphatic rings. The largest absolute Gasteiger partial charge is 0.497 e. The summed E-state index contributed by atoms with van der Waals surface area (Å²) < 4.78 is 21.8. The molecule has 1 aliphatic heterocycles. The Balaban J connectivity index is 1.51. The average Bonchev–Trinajstić information content (AvgIpc) is 3.14. The summed E-state index contributed by atoms with van der Waals surface area (Å²) in [6.45, 7) is 2.16. The molecule has 0 amide bonds. The van der Waals surface area contributed by atoms with Gasteiger partial charge in [0.25, 0.3) is 0 Å². The first-order valence-corrected chi connectivity index (χ1v) is 10.0. The van der Waals surface area contributed by atoms with Gasteiger partial charge in [-0.3, -0.25) is 4.79 Å². The van der Waals surface area contributed by atoms with Crippen LogP contribution in [0.25, 0.3) is 6.08 Å². The average molecular weight is 430 g/mol. The highest BCUT2D eigenvalue weighted by atomic mass is 16.5. The molecule has 0 radical (unpaired) electrons. The smallest absolute Gasteiger partial charge is 0.337 e. The third-order valence-electron chi connectivity index (χ3n) is 5.20. The number of allylic oxidation sites excluding steroid dienone is 1. The molecule has 32 heavy (non-hydrogen) atoms. The number of ether oxygens (including phenoxy) is 4. The molecule has 6 heteroatoms. The Morgan fingerprint density at radius 1 is 1.03 bits per heavy atom. The van der Waals surface area contributed by atoms with E-state index in [-0.39, 0.29) is 17.5 Å². The molecule has 162 valence electrons. The minimum atomic E-state index is -0.383. The summed E-state index contributed by atoms with van der Waals surface area (Å²) >= 11 is 0. The number of rotatable bonds is 6. The molecule has 1 heterocycles. The third-order valence-corrected chi connectivity index (χ3v) is 5.20. The predicted molar refractivity (Wildman–Crippen MR) is 119 cm³/mol. The van der Waals surface area contributed by atoms with Crippen LogP contribution in [0.4, 0.5) is 0 Å². The molecule has 0 aliphatic carbocycles. The quantitative estimate of drug-likeness (QED) is 0.406. The van der Waals surface area contributed by atoms with Crippen molar-refractivity contribution in [2.24, 2.45) is 0 Å². The molecule has 0 fully saturated rings. The van der Waals surface area contributed by atoms with Crippen molar-refractivity contribution in [2.45, 2.75) is 13.5 Å². The number of hydrogen-bond donors (Lipinski definition) is 0. The van der Waals surface area contributed by atoms with Gasteiger partial charge in [0.05, 0.1) is 25.3 Å². The molecule has 0 unspecified atom stereocenters. The van der Waals surface area contributed by atoms with E-state index in [0.29, 0.717) is 35.0 Å². The Bertz CT molecular complexity index is 1210. The number of carbonyl (C=O) groups excluding carboxylic acids is 2. The van der Waals surface area contributed by atoms with Crippen molar-refractivity contribution in [1.82, 2.24) is 0 Å². The first-order valence-electron chi connectivity index (χ1n) is 10.0. The molecule has 4 rings (SSSR count). The molecule has 0 saturated heterocycles. The van der Waals surface area contributed by atoms with Crippen LogP contribution in [0.3, 0.4) is 0 Å². The number of ketones is 1. The lowest BCUT2D eigenvalue weighted by Gasteiger charge is -2.12. The van der Waals surface area contributed by atoms with Gasteiger partial charge in [-0.15, -0.1) is 0 Å². The van der Waals surface area contributed by atoms with Crippen LogP contribution in [0.5, 0.6) is 17.2 Å². The van der Waals surface area contributed by atoms with Crippen molar-refractivity contribution >= 4 is 17.8 Å². The molecule has 0 saturated carbocycles. The van der Waals surface area contributed by atoms with E-state index in [1.165, 1.54) is 7.11 Å². The summed E-state index contributed by atoms with van der Waals surface area (Å²) in [5.41, 5.74) is 3.44. The van der Waals surface area contributed by atoms with Crippen LogP contribution >= 0.6 is 0 Å². The maximum Gasteiger partial charge on any atom is 0.337 e. The van der Waals surface area contributed by atoms with Crippen LogP contribution in [0.2, 0.25) is 0 Å². The van der Waals surface area contributed by atoms with E-state index in [9.17, 15) is 9.59 Å². The van der Waals surface area contributed by atoms with Gasteiger partial charge in [-0.1, -0.05) is 24.3 Å².